The molecular weight excluding hydrogens is 274 g/mol. The van der Waals surface area contributed by atoms with E-state index in [9.17, 15) is 0 Å². The molecule has 0 spiro atoms. The van der Waals surface area contributed by atoms with Gasteiger partial charge in [0.2, 0.25) is 0 Å². The van der Waals surface area contributed by atoms with Gasteiger partial charge in [0, 0.05) is 32.7 Å². The average molecular weight is 287 g/mol. The van der Waals surface area contributed by atoms with Crippen molar-refractivity contribution in [3.8, 4) is 16.8 Å². The first-order chi connectivity index (χ1) is 9.85. The second kappa shape index (κ2) is 4.66. The summed E-state index contributed by atoms with van der Waals surface area (Å²) in [5.74, 6) is 1.20. The average Bonchev–Trinajstić information content (AvgIpc) is 3.17. The van der Waals surface area contributed by atoms with Gasteiger partial charge in [0.1, 0.15) is 10.9 Å². The monoisotopic (exact) mass is 287 g/mol. The molecule has 5 heterocycles. The molecule has 1 unspecified atom stereocenters. The van der Waals surface area contributed by atoms with Crippen molar-refractivity contribution in [3.05, 3.63) is 22.8 Å². The molecule has 6 nitrogen and oxygen atoms in total. The molecule has 0 radical (unpaired) electrons. The Morgan fingerprint density at radius 3 is 2.90 bits per heavy atom. The van der Waals surface area contributed by atoms with Crippen LogP contribution in [0.15, 0.2) is 16.0 Å². The second-order valence-electron chi connectivity index (χ2n) is 5.09. The van der Waals surface area contributed by atoms with Gasteiger partial charge >= 0.3 is 0 Å². The zero-order chi connectivity index (χ0) is 13.5. The van der Waals surface area contributed by atoms with E-state index >= 15 is 0 Å². The number of rotatable bonds is 2. The summed E-state index contributed by atoms with van der Waals surface area (Å²) in [5, 5.41) is 15.1. The van der Waals surface area contributed by atoms with Crippen molar-refractivity contribution in [3.63, 3.8) is 0 Å². The first-order valence-electron chi connectivity index (χ1n) is 6.63. The zero-order valence-electron chi connectivity index (χ0n) is 10.8. The molecule has 0 amide bonds. The standard InChI is InChI=1S/C13H13N5OS/c14-7-9-1-6-20-11(9)13-15-12(16-19-13)10-8-17-2-4-18(10)5-3-17/h1,6,10H,2-5,8H2. The molecule has 0 aromatic carbocycles. The summed E-state index contributed by atoms with van der Waals surface area (Å²) >= 11 is 1.46. The molecule has 2 bridgehead atoms. The highest BCUT2D eigenvalue weighted by Crippen LogP contribution is 2.31. The molecule has 3 aliphatic rings. The van der Waals surface area contributed by atoms with Crippen molar-refractivity contribution in [2.24, 2.45) is 0 Å². The van der Waals surface area contributed by atoms with E-state index < -0.39 is 0 Å². The van der Waals surface area contributed by atoms with Gasteiger partial charge in [-0.2, -0.15) is 10.2 Å². The van der Waals surface area contributed by atoms with Crippen LogP contribution in [-0.4, -0.2) is 52.7 Å². The van der Waals surface area contributed by atoms with E-state index in [-0.39, 0.29) is 6.04 Å². The lowest BCUT2D eigenvalue weighted by atomic mass is 10.1. The van der Waals surface area contributed by atoms with E-state index in [1.54, 1.807) is 6.07 Å². The molecule has 2 aromatic heterocycles. The molecule has 0 saturated carbocycles. The van der Waals surface area contributed by atoms with Gasteiger partial charge in [-0.25, -0.2) is 0 Å². The van der Waals surface area contributed by atoms with Gasteiger partial charge in [0.15, 0.2) is 5.82 Å². The Morgan fingerprint density at radius 1 is 1.35 bits per heavy atom. The van der Waals surface area contributed by atoms with Gasteiger partial charge in [0.05, 0.1) is 11.6 Å². The van der Waals surface area contributed by atoms with Crippen molar-refractivity contribution in [1.29, 1.82) is 5.26 Å². The summed E-state index contributed by atoms with van der Waals surface area (Å²) < 4.78 is 5.37. The fourth-order valence-electron chi connectivity index (χ4n) is 2.89. The molecule has 7 heteroatoms. The van der Waals surface area contributed by atoms with E-state index in [1.165, 1.54) is 11.3 Å². The lowest BCUT2D eigenvalue weighted by Gasteiger charge is -2.46. The number of fused-ring (bicyclic) bond motifs is 3. The van der Waals surface area contributed by atoms with E-state index in [0.29, 0.717) is 11.5 Å². The van der Waals surface area contributed by atoms with Crippen molar-refractivity contribution >= 4 is 11.3 Å². The molecule has 3 fully saturated rings. The van der Waals surface area contributed by atoms with Crippen LogP contribution in [-0.2, 0) is 0 Å². The lowest BCUT2D eigenvalue weighted by molar-refractivity contribution is 0.00781. The third-order valence-corrected chi connectivity index (χ3v) is 4.90. The molecule has 3 aliphatic heterocycles. The van der Waals surface area contributed by atoms with Gasteiger partial charge in [-0.05, 0) is 11.4 Å². The van der Waals surface area contributed by atoms with Crippen molar-refractivity contribution < 1.29 is 4.52 Å². The van der Waals surface area contributed by atoms with Crippen LogP contribution in [0.4, 0.5) is 0 Å². The maximum absolute atomic E-state index is 9.06. The largest absolute Gasteiger partial charge is 0.333 e. The van der Waals surface area contributed by atoms with Crippen molar-refractivity contribution in [2.75, 3.05) is 32.7 Å². The van der Waals surface area contributed by atoms with Crippen LogP contribution in [0.1, 0.15) is 17.4 Å². The molecular formula is C13H13N5OS. The normalized spacial score (nSPS) is 28.4. The summed E-state index contributed by atoms with van der Waals surface area (Å²) in [6.07, 6.45) is 0. The predicted octanol–water partition coefficient (Wildman–Crippen LogP) is 1.34. The number of nitrogens with zero attached hydrogens (tertiary/aromatic N) is 5. The first-order valence-corrected chi connectivity index (χ1v) is 7.51. The second-order valence-corrected chi connectivity index (χ2v) is 6.00. The minimum Gasteiger partial charge on any atom is -0.333 e. The topological polar surface area (TPSA) is 69.2 Å². The highest BCUT2D eigenvalue weighted by atomic mass is 32.1. The maximum Gasteiger partial charge on any atom is 0.269 e. The van der Waals surface area contributed by atoms with Crippen LogP contribution in [0.25, 0.3) is 10.8 Å². The Bertz CT molecular complexity index is 664. The number of hydrogen-bond donors (Lipinski definition) is 0. The van der Waals surface area contributed by atoms with Crippen molar-refractivity contribution in [1.82, 2.24) is 19.9 Å². The Morgan fingerprint density at radius 2 is 2.20 bits per heavy atom. The third kappa shape index (κ3) is 1.85. The van der Waals surface area contributed by atoms with Crippen LogP contribution in [0.5, 0.6) is 0 Å². The van der Waals surface area contributed by atoms with Crippen LogP contribution in [0.3, 0.4) is 0 Å². The number of nitriles is 1. The molecule has 2 aromatic rings. The smallest absolute Gasteiger partial charge is 0.269 e. The number of thiophene rings is 1. The van der Waals surface area contributed by atoms with E-state index in [4.69, 9.17) is 9.78 Å². The molecule has 0 N–H and O–H groups in total. The zero-order valence-corrected chi connectivity index (χ0v) is 11.6. The molecule has 0 aliphatic carbocycles. The summed E-state index contributed by atoms with van der Waals surface area (Å²) in [6, 6.07) is 4.16. The highest BCUT2D eigenvalue weighted by Gasteiger charge is 2.35. The molecule has 1 atom stereocenters. The van der Waals surface area contributed by atoms with E-state index in [1.807, 2.05) is 5.38 Å². The predicted molar refractivity (Wildman–Crippen MR) is 73.1 cm³/mol. The summed E-state index contributed by atoms with van der Waals surface area (Å²) in [6.45, 7) is 5.36. The van der Waals surface area contributed by atoms with Gasteiger partial charge in [-0.3, -0.25) is 9.80 Å². The number of piperazine rings is 3. The van der Waals surface area contributed by atoms with E-state index in [2.05, 4.69) is 26.0 Å². The third-order valence-electron chi connectivity index (χ3n) is 4.00. The van der Waals surface area contributed by atoms with Crippen LogP contribution < -0.4 is 0 Å². The highest BCUT2D eigenvalue weighted by molar-refractivity contribution is 7.13. The van der Waals surface area contributed by atoms with Crippen LogP contribution in [0, 0.1) is 11.3 Å². The molecule has 5 rings (SSSR count). The molecule has 20 heavy (non-hydrogen) atoms. The van der Waals surface area contributed by atoms with Gasteiger partial charge in [-0.1, -0.05) is 5.16 Å². The van der Waals surface area contributed by atoms with E-state index in [0.717, 1.165) is 43.4 Å². The number of hydrogen-bond acceptors (Lipinski definition) is 7. The minimum atomic E-state index is 0.223. The Balaban J connectivity index is 1.64. The summed E-state index contributed by atoms with van der Waals surface area (Å²) in [5.41, 5.74) is 0.597. The van der Waals surface area contributed by atoms with Gasteiger partial charge in [0.25, 0.3) is 5.89 Å². The molecule has 3 saturated heterocycles. The quantitative estimate of drug-likeness (QED) is 0.830. The fourth-order valence-corrected chi connectivity index (χ4v) is 3.65. The van der Waals surface area contributed by atoms with Gasteiger partial charge < -0.3 is 4.52 Å². The Labute approximate surface area is 120 Å². The Kier molecular flexibility index (Phi) is 2.80. The molecule has 102 valence electrons. The fraction of sp³-hybridized carbons (Fsp3) is 0.462. The number of aromatic nitrogens is 2. The maximum atomic E-state index is 9.06. The SMILES string of the molecule is N#Cc1ccsc1-c1nc(C2CN3CCN2CC3)no1. The lowest BCUT2D eigenvalue weighted by Crippen LogP contribution is -2.57. The summed E-state index contributed by atoms with van der Waals surface area (Å²) in [4.78, 5) is 10.1. The van der Waals surface area contributed by atoms with Gasteiger partial charge in [-0.15, -0.1) is 11.3 Å². The first kappa shape index (κ1) is 12.0. The minimum absolute atomic E-state index is 0.223. The van der Waals surface area contributed by atoms with Crippen molar-refractivity contribution in [2.45, 2.75) is 6.04 Å². The summed E-state index contributed by atoms with van der Waals surface area (Å²) in [7, 11) is 0. The van der Waals surface area contributed by atoms with Crippen LogP contribution >= 0.6 is 11.3 Å². The van der Waals surface area contributed by atoms with Crippen LogP contribution in [0.2, 0.25) is 0 Å². The Hall–Kier alpha value is -1.75.